The van der Waals surface area contributed by atoms with Gasteiger partial charge in [-0.1, -0.05) is 17.7 Å². The largest absolute Gasteiger partial charge is 0.338 e. The van der Waals surface area contributed by atoms with Crippen molar-refractivity contribution < 1.29 is 4.39 Å². The first-order chi connectivity index (χ1) is 9.04. The molecule has 5 heteroatoms. The van der Waals surface area contributed by atoms with Gasteiger partial charge in [0.15, 0.2) is 0 Å². The number of nitrogens with one attached hydrogen (secondary N) is 1. The first-order valence-electron chi connectivity index (χ1n) is 5.66. The van der Waals surface area contributed by atoms with E-state index in [1.54, 1.807) is 6.07 Å². The van der Waals surface area contributed by atoms with Crippen LogP contribution in [0.15, 0.2) is 34.8 Å². The Morgan fingerprint density at radius 2 is 2.05 bits per heavy atom. The van der Waals surface area contributed by atoms with E-state index in [1.165, 1.54) is 6.07 Å². The molecule has 0 aliphatic rings. The second kappa shape index (κ2) is 4.62. The number of imidazole rings is 1. The fraction of sp³-hybridized carbons (Fsp3) is 0.0714. The van der Waals surface area contributed by atoms with Crippen molar-refractivity contribution in [1.29, 1.82) is 0 Å². The van der Waals surface area contributed by atoms with Gasteiger partial charge in [0.1, 0.15) is 11.6 Å². The van der Waals surface area contributed by atoms with Crippen LogP contribution in [0.1, 0.15) is 5.56 Å². The van der Waals surface area contributed by atoms with Crippen LogP contribution in [-0.4, -0.2) is 9.97 Å². The van der Waals surface area contributed by atoms with Crippen LogP contribution >= 0.6 is 27.5 Å². The summed E-state index contributed by atoms with van der Waals surface area (Å²) in [7, 11) is 0. The molecule has 2 aromatic carbocycles. The van der Waals surface area contributed by atoms with Crippen molar-refractivity contribution >= 4 is 38.6 Å². The third-order valence-corrected chi connectivity index (χ3v) is 3.82. The number of aryl methyl sites for hydroxylation is 1. The topological polar surface area (TPSA) is 28.7 Å². The Labute approximate surface area is 122 Å². The van der Waals surface area contributed by atoms with Crippen molar-refractivity contribution in [2.75, 3.05) is 0 Å². The van der Waals surface area contributed by atoms with Crippen LogP contribution in [0.3, 0.4) is 0 Å². The molecule has 96 valence electrons. The molecule has 0 fully saturated rings. The summed E-state index contributed by atoms with van der Waals surface area (Å²) in [6, 6.07) is 8.80. The Morgan fingerprint density at radius 3 is 2.79 bits per heavy atom. The Morgan fingerprint density at radius 1 is 1.26 bits per heavy atom. The summed E-state index contributed by atoms with van der Waals surface area (Å²) in [6.07, 6.45) is 0. The van der Waals surface area contributed by atoms with Crippen molar-refractivity contribution in [2.45, 2.75) is 6.92 Å². The maximum atomic E-state index is 13.5. The highest BCUT2D eigenvalue weighted by atomic mass is 79.9. The number of hydrogen-bond donors (Lipinski definition) is 1. The second-order valence-corrected chi connectivity index (χ2v) is 5.61. The predicted octanol–water partition coefficient (Wildman–Crippen LogP) is 5.09. The number of benzene rings is 2. The average molecular weight is 340 g/mol. The first kappa shape index (κ1) is 12.6. The molecule has 3 rings (SSSR count). The molecule has 1 heterocycles. The summed E-state index contributed by atoms with van der Waals surface area (Å²) in [5, 5.41) is 0.624. The maximum Gasteiger partial charge on any atom is 0.139 e. The van der Waals surface area contributed by atoms with E-state index in [2.05, 4.69) is 25.9 Å². The Hall–Kier alpha value is -1.39. The zero-order valence-electron chi connectivity index (χ0n) is 9.97. The minimum atomic E-state index is -0.322. The molecule has 0 aliphatic heterocycles. The highest BCUT2D eigenvalue weighted by Crippen LogP contribution is 2.29. The lowest BCUT2D eigenvalue weighted by atomic mass is 10.1. The van der Waals surface area contributed by atoms with E-state index >= 15 is 0 Å². The summed E-state index contributed by atoms with van der Waals surface area (Å²) >= 11 is 9.36. The summed E-state index contributed by atoms with van der Waals surface area (Å²) in [4.78, 5) is 7.52. The normalized spacial score (nSPS) is 11.2. The van der Waals surface area contributed by atoms with Crippen molar-refractivity contribution in [1.82, 2.24) is 9.97 Å². The Balaban J connectivity index is 2.20. The monoisotopic (exact) mass is 338 g/mol. The highest BCUT2D eigenvalue weighted by molar-refractivity contribution is 9.10. The lowest BCUT2D eigenvalue weighted by Crippen LogP contribution is -1.83. The lowest BCUT2D eigenvalue weighted by Gasteiger charge is -2.01. The fourth-order valence-corrected chi connectivity index (χ4v) is 2.60. The third kappa shape index (κ3) is 2.26. The number of rotatable bonds is 1. The maximum absolute atomic E-state index is 13.5. The zero-order valence-corrected chi connectivity index (χ0v) is 12.3. The summed E-state index contributed by atoms with van der Waals surface area (Å²) < 4.78 is 13.9. The molecule has 0 unspecified atom stereocenters. The molecule has 0 bridgehead atoms. The molecular formula is C14H9BrClFN2. The summed E-state index contributed by atoms with van der Waals surface area (Å²) in [6.45, 7) is 1.97. The van der Waals surface area contributed by atoms with Gasteiger partial charge in [-0.15, -0.1) is 0 Å². The molecule has 1 N–H and O–H groups in total. The molecule has 19 heavy (non-hydrogen) atoms. The van der Waals surface area contributed by atoms with Gasteiger partial charge in [0, 0.05) is 11.6 Å². The molecule has 0 amide bonds. The lowest BCUT2D eigenvalue weighted by molar-refractivity contribution is 0.623. The number of aromatic amines is 1. The van der Waals surface area contributed by atoms with E-state index in [1.807, 2.05) is 25.1 Å². The highest BCUT2D eigenvalue weighted by Gasteiger charge is 2.11. The molecule has 3 aromatic rings. The summed E-state index contributed by atoms with van der Waals surface area (Å²) in [5.74, 6) is 0.315. The van der Waals surface area contributed by atoms with Gasteiger partial charge in [-0.2, -0.15) is 0 Å². The van der Waals surface area contributed by atoms with Gasteiger partial charge in [-0.3, -0.25) is 0 Å². The number of fused-ring (bicyclic) bond motifs is 1. The first-order valence-corrected chi connectivity index (χ1v) is 6.83. The molecule has 0 saturated heterocycles. The van der Waals surface area contributed by atoms with Gasteiger partial charge in [-0.05, 0) is 46.6 Å². The van der Waals surface area contributed by atoms with Gasteiger partial charge in [0.05, 0.1) is 20.5 Å². The Bertz CT molecular complexity index is 743. The van der Waals surface area contributed by atoms with Crippen LogP contribution in [0.4, 0.5) is 4.39 Å². The molecule has 0 saturated carbocycles. The van der Waals surface area contributed by atoms with E-state index in [4.69, 9.17) is 11.6 Å². The SMILES string of the molecule is Cc1ccc(-c2nc3cc(Br)c(F)cc3[nH]2)c(Cl)c1. The Kier molecular flexibility index (Phi) is 3.07. The number of nitrogens with zero attached hydrogens (tertiary/aromatic N) is 1. The van der Waals surface area contributed by atoms with E-state index in [0.717, 1.165) is 11.1 Å². The summed E-state index contributed by atoms with van der Waals surface area (Å²) in [5.41, 5.74) is 3.23. The van der Waals surface area contributed by atoms with Crippen molar-refractivity contribution in [2.24, 2.45) is 0 Å². The molecule has 0 radical (unpaired) electrons. The van der Waals surface area contributed by atoms with Gasteiger partial charge < -0.3 is 4.98 Å². The molecule has 0 atom stereocenters. The van der Waals surface area contributed by atoms with Crippen molar-refractivity contribution in [3.63, 3.8) is 0 Å². The van der Waals surface area contributed by atoms with Crippen molar-refractivity contribution in [3.05, 3.63) is 51.2 Å². The van der Waals surface area contributed by atoms with Crippen LogP contribution in [0.5, 0.6) is 0 Å². The van der Waals surface area contributed by atoms with Crippen LogP contribution < -0.4 is 0 Å². The van der Waals surface area contributed by atoms with Gasteiger partial charge >= 0.3 is 0 Å². The van der Waals surface area contributed by atoms with Crippen molar-refractivity contribution in [3.8, 4) is 11.4 Å². The van der Waals surface area contributed by atoms with E-state index in [0.29, 0.717) is 26.4 Å². The van der Waals surface area contributed by atoms with Crippen LogP contribution in [0.2, 0.25) is 5.02 Å². The van der Waals surface area contributed by atoms with E-state index in [-0.39, 0.29) is 5.82 Å². The third-order valence-electron chi connectivity index (χ3n) is 2.90. The number of hydrogen-bond acceptors (Lipinski definition) is 1. The molecular weight excluding hydrogens is 331 g/mol. The number of aromatic nitrogens is 2. The predicted molar refractivity (Wildman–Crippen MR) is 78.9 cm³/mol. The van der Waals surface area contributed by atoms with Crippen LogP contribution in [-0.2, 0) is 0 Å². The minimum Gasteiger partial charge on any atom is -0.338 e. The zero-order chi connectivity index (χ0) is 13.6. The second-order valence-electron chi connectivity index (χ2n) is 4.35. The van der Waals surface area contributed by atoms with Gasteiger partial charge in [0.2, 0.25) is 0 Å². The van der Waals surface area contributed by atoms with E-state index < -0.39 is 0 Å². The minimum absolute atomic E-state index is 0.322. The van der Waals surface area contributed by atoms with Crippen LogP contribution in [0, 0.1) is 12.7 Å². The quantitative estimate of drug-likeness (QED) is 0.657. The smallest absolute Gasteiger partial charge is 0.139 e. The standard InChI is InChI=1S/C14H9BrClFN2/c1-7-2-3-8(10(16)4-7)14-18-12-5-9(15)11(17)6-13(12)19-14/h2-6H,1H3,(H,18,19). The molecule has 0 spiro atoms. The number of H-pyrrole nitrogens is 1. The van der Waals surface area contributed by atoms with Gasteiger partial charge in [-0.25, -0.2) is 9.37 Å². The number of halogens is 3. The molecule has 0 aliphatic carbocycles. The average Bonchev–Trinajstić information content (AvgIpc) is 2.72. The van der Waals surface area contributed by atoms with E-state index in [9.17, 15) is 4.39 Å². The molecule has 2 nitrogen and oxygen atoms in total. The van der Waals surface area contributed by atoms with Crippen LogP contribution in [0.25, 0.3) is 22.4 Å². The van der Waals surface area contributed by atoms with Gasteiger partial charge in [0.25, 0.3) is 0 Å². The fourth-order valence-electron chi connectivity index (χ4n) is 1.94. The molecule has 1 aromatic heterocycles.